The van der Waals surface area contributed by atoms with E-state index in [4.69, 9.17) is 11.0 Å². The van der Waals surface area contributed by atoms with Gasteiger partial charge in [0.2, 0.25) is 5.43 Å². The van der Waals surface area contributed by atoms with Crippen LogP contribution < -0.4 is 11.2 Å². The van der Waals surface area contributed by atoms with E-state index in [1.165, 1.54) is 6.07 Å². The second-order valence-electron chi connectivity index (χ2n) is 5.47. The summed E-state index contributed by atoms with van der Waals surface area (Å²) in [5.41, 5.74) is 8.38. The van der Waals surface area contributed by atoms with Crippen LogP contribution in [-0.2, 0) is 6.42 Å². The fourth-order valence-corrected chi connectivity index (χ4v) is 2.59. The molecule has 1 aliphatic carbocycles. The number of hydrogen-bond acceptors (Lipinski definition) is 4. The molecule has 1 atom stereocenters. The van der Waals surface area contributed by atoms with Crippen LogP contribution in [0.1, 0.15) is 23.7 Å². The molecular weight excluding hydrogens is 288 g/mol. The van der Waals surface area contributed by atoms with Gasteiger partial charge in [-0.05, 0) is 36.3 Å². The highest BCUT2D eigenvalue weighted by Gasteiger charge is 2.13. The van der Waals surface area contributed by atoms with Crippen LogP contribution in [-0.4, -0.2) is 9.78 Å². The first-order chi connectivity index (χ1) is 11.2. The zero-order valence-electron chi connectivity index (χ0n) is 12.5. The molecule has 1 aromatic carbocycles. The fraction of sp³-hybridized carbons (Fsp3) is 0.167. The molecule has 2 aromatic rings. The van der Waals surface area contributed by atoms with Gasteiger partial charge in [0.15, 0.2) is 0 Å². The number of nitrogens with zero attached hydrogens (tertiary/aromatic N) is 3. The van der Waals surface area contributed by atoms with Crippen molar-refractivity contribution in [2.24, 2.45) is 0 Å². The Hall–Kier alpha value is -3.13. The minimum Gasteiger partial charge on any atom is -0.399 e. The number of nitriles is 1. The van der Waals surface area contributed by atoms with Crippen molar-refractivity contribution in [2.45, 2.75) is 18.9 Å². The average Bonchev–Trinajstić information content (AvgIpc) is 2.57. The molecule has 0 fully saturated rings. The molecule has 1 heterocycles. The maximum Gasteiger partial charge on any atom is 0.203 e. The standard InChI is InChI=1S/C18H16N4O/c19-12-14-4-2-6-16(10-14)22-8-7-18(23)17(21-22)11-13-3-1-5-15(20)9-13/h1-5,7-10,16H,6,11,20H2. The number of benzene rings is 1. The summed E-state index contributed by atoms with van der Waals surface area (Å²) in [5.74, 6) is 0. The summed E-state index contributed by atoms with van der Waals surface area (Å²) in [6.45, 7) is 0. The molecule has 1 aliphatic rings. The number of allylic oxidation sites excluding steroid dienone is 4. The fourth-order valence-electron chi connectivity index (χ4n) is 2.59. The maximum absolute atomic E-state index is 12.1. The van der Waals surface area contributed by atoms with Crippen molar-refractivity contribution < 1.29 is 0 Å². The smallest absolute Gasteiger partial charge is 0.203 e. The Kier molecular flexibility index (Phi) is 4.07. The molecule has 0 aliphatic heterocycles. The SMILES string of the molecule is N#CC1=CC(n2ccc(=O)c(Cc3cccc(N)c3)n2)CC=C1. The minimum absolute atomic E-state index is 0.0464. The molecule has 0 saturated carbocycles. The molecule has 114 valence electrons. The summed E-state index contributed by atoms with van der Waals surface area (Å²) in [7, 11) is 0. The number of hydrogen-bond donors (Lipinski definition) is 1. The van der Waals surface area contributed by atoms with E-state index in [9.17, 15) is 4.79 Å². The van der Waals surface area contributed by atoms with Crippen LogP contribution >= 0.6 is 0 Å². The predicted octanol–water partition coefficient (Wildman–Crippen LogP) is 2.37. The maximum atomic E-state index is 12.1. The van der Waals surface area contributed by atoms with Gasteiger partial charge >= 0.3 is 0 Å². The lowest BCUT2D eigenvalue weighted by atomic mass is 10.0. The lowest BCUT2D eigenvalue weighted by molar-refractivity contribution is 0.517. The van der Waals surface area contributed by atoms with Gasteiger partial charge in [-0.25, -0.2) is 0 Å². The van der Waals surface area contributed by atoms with Gasteiger partial charge in [-0.1, -0.05) is 18.2 Å². The van der Waals surface area contributed by atoms with Crippen molar-refractivity contribution in [3.8, 4) is 6.07 Å². The lowest BCUT2D eigenvalue weighted by Crippen LogP contribution is -2.20. The Morgan fingerprint density at radius 1 is 1.39 bits per heavy atom. The molecule has 2 N–H and O–H groups in total. The van der Waals surface area contributed by atoms with Gasteiger partial charge in [0.1, 0.15) is 5.69 Å². The Labute approximate surface area is 134 Å². The van der Waals surface area contributed by atoms with E-state index in [0.717, 1.165) is 12.0 Å². The van der Waals surface area contributed by atoms with Gasteiger partial charge in [0, 0.05) is 29.9 Å². The highest BCUT2D eigenvalue weighted by atomic mass is 16.1. The highest BCUT2D eigenvalue weighted by molar-refractivity contribution is 5.41. The molecule has 0 radical (unpaired) electrons. The zero-order valence-corrected chi connectivity index (χ0v) is 12.5. The van der Waals surface area contributed by atoms with Gasteiger partial charge in [0.05, 0.1) is 12.1 Å². The van der Waals surface area contributed by atoms with Crippen LogP contribution in [0.3, 0.4) is 0 Å². The Bertz CT molecular complexity index is 886. The van der Waals surface area contributed by atoms with Crippen LogP contribution in [0.15, 0.2) is 65.1 Å². The van der Waals surface area contributed by atoms with Crippen molar-refractivity contribution in [2.75, 3.05) is 5.73 Å². The molecule has 5 nitrogen and oxygen atoms in total. The summed E-state index contributed by atoms with van der Waals surface area (Å²) in [5, 5.41) is 13.5. The Morgan fingerprint density at radius 3 is 3.04 bits per heavy atom. The van der Waals surface area contributed by atoms with E-state index in [1.807, 2.05) is 36.4 Å². The normalized spacial score (nSPS) is 16.7. The molecular formula is C18H16N4O. The summed E-state index contributed by atoms with van der Waals surface area (Å²) in [6.07, 6.45) is 8.45. The third kappa shape index (κ3) is 3.38. The quantitative estimate of drug-likeness (QED) is 0.882. The predicted molar refractivity (Wildman–Crippen MR) is 88.6 cm³/mol. The summed E-state index contributed by atoms with van der Waals surface area (Å²) >= 11 is 0. The van der Waals surface area contributed by atoms with Crippen molar-refractivity contribution in [3.63, 3.8) is 0 Å². The van der Waals surface area contributed by atoms with E-state index in [0.29, 0.717) is 23.4 Å². The molecule has 0 amide bonds. The largest absolute Gasteiger partial charge is 0.399 e. The van der Waals surface area contributed by atoms with E-state index in [-0.39, 0.29) is 11.5 Å². The van der Waals surface area contributed by atoms with Gasteiger partial charge in [-0.15, -0.1) is 0 Å². The lowest BCUT2D eigenvalue weighted by Gasteiger charge is -2.17. The molecule has 0 bridgehead atoms. The first kappa shape index (κ1) is 14.8. The monoisotopic (exact) mass is 304 g/mol. The van der Waals surface area contributed by atoms with E-state index < -0.39 is 0 Å². The average molecular weight is 304 g/mol. The number of anilines is 1. The number of nitrogens with two attached hydrogens (primary N) is 1. The van der Waals surface area contributed by atoms with Gasteiger partial charge in [-0.3, -0.25) is 9.48 Å². The summed E-state index contributed by atoms with van der Waals surface area (Å²) in [4.78, 5) is 12.1. The van der Waals surface area contributed by atoms with Crippen LogP contribution in [0.25, 0.3) is 0 Å². The van der Waals surface area contributed by atoms with Gasteiger partial charge in [-0.2, -0.15) is 10.4 Å². The third-order valence-corrected chi connectivity index (χ3v) is 3.74. The van der Waals surface area contributed by atoms with Crippen molar-refractivity contribution in [1.82, 2.24) is 9.78 Å². The minimum atomic E-state index is -0.0977. The van der Waals surface area contributed by atoms with Crippen LogP contribution in [0.4, 0.5) is 5.69 Å². The molecule has 23 heavy (non-hydrogen) atoms. The summed E-state index contributed by atoms with van der Waals surface area (Å²) in [6, 6.07) is 11.0. The zero-order chi connectivity index (χ0) is 16.2. The van der Waals surface area contributed by atoms with Crippen LogP contribution in [0, 0.1) is 11.3 Å². The first-order valence-electron chi connectivity index (χ1n) is 7.37. The Balaban J connectivity index is 1.91. The van der Waals surface area contributed by atoms with E-state index in [1.54, 1.807) is 17.0 Å². The van der Waals surface area contributed by atoms with Crippen molar-refractivity contribution in [3.05, 3.63) is 81.8 Å². The molecule has 3 rings (SSSR count). The van der Waals surface area contributed by atoms with Crippen LogP contribution in [0.2, 0.25) is 0 Å². The Morgan fingerprint density at radius 2 is 2.26 bits per heavy atom. The summed E-state index contributed by atoms with van der Waals surface area (Å²) < 4.78 is 1.74. The third-order valence-electron chi connectivity index (χ3n) is 3.74. The molecule has 5 heteroatoms. The first-order valence-corrected chi connectivity index (χ1v) is 7.37. The molecule has 0 saturated heterocycles. The number of aromatic nitrogens is 2. The van der Waals surface area contributed by atoms with E-state index >= 15 is 0 Å². The molecule has 1 aromatic heterocycles. The van der Waals surface area contributed by atoms with Crippen LogP contribution in [0.5, 0.6) is 0 Å². The second-order valence-corrected chi connectivity index (χ2v) is 5.47. The molecule has 0 spiro atoms. The topological polar surface area (TPSA) is 84.7 Å². The van der Waals surface area contributed by atoms with Gasteiger partial charge < -0.3 is 5.73 Å². The number of rotatable bonds is 3. The van der Waals surface area contributed by atoms with Crippen molar-refractivity contribution in [1.29, 1.82) is 5.26 Å². The number of nitrogen functional groups attached to an aromatic ring is 1. The highest BCUT2D eigenvalue weighted by Crippen LogP contribution is 2.20. The second kappa shape index (κ2) is 6.32. The van der Waals surface area contributed by atoms with Gasteiger partial charge in [0.25, 0.3) is 0 Å². The van der Waals surface area contributed by atoms with Crippen molar-refractivity contribution >= 4 is 5.69 Å². The van der Waals surface area contributed by atoms with E-state index in [2.05, 4.69) is 11.2 Å². The molecule has 1 unspecified atom stereocenters.